The number of carbonyl (C=O) groups excluding carboxylic acids is 1. The number of carbonyl (C=O) groups is 1. The van der Waals surface area contributed by atoms with Gasteiger partial charge in [-0.25, -0.2) is 0 Å². The molecule has 0 aliphatic carbocycles. The molecule has 2 aromatic rings. The van der Waals surface area contributed by atoms with Crippen molar-refractivity contribution in [2.45, 2.75) is 6.92 Å². The van der Waals surface area contributed by atoms with Crippen molar-refractivity contribution in [1.82, 2.24) is 0 Å². The summed E-state index contributed by atoms with van der Waals surface area (Å²) in [4.78, 5) is 10.7. The Labute approximate surface area is 103 Å². The van der Waals surface area contributed by atoms with Gasteiger partial charge in [-0.05, 0) is 31.2 Å². The van der Waals surface area contributed by atoms with Crippen LogP contribution in [0.1, 0.15) is 16.1 Å². The lowest BCUT2D eigenvalue weighted by Gasteiger charge is -2.00. The number of rotatable bonds is 2. The van der Waals surface area contributed by atoms with E-state index >= 15 is 0 Å². The Balaban J connectivity index is 2.54. The van der Waals surface area contributed by atoms with Crippen molar-refractivity contribution >= 4 is 29.5 Å². The Bertz CT molecular complexity index is 544. The fourth-order valence-corrected chi connectivity index (χ4v) is 1.94. The molecule has 1 aromatic carbocycles. The normalized spacial score (nSPS) is 10.4. The minimum atomic E-state index is 0.499. The Hall–Kier alpha value is -1.25. The molecule has 0 bridgehead atoms. The fourth-order valence-electron chi connectivity index (χ4n) is 1.44. The average molecular weight is 255 g/mol. The van der Waals surface area contributed by atoms with Crippen LogP contribution < -0.4 is 0 Å². The number of benzene rings is 1. The van der Waals surface area contributed by atoms with Gasteiger partial charge in [-0.1, -0.05) is 23.2 Å². The number of furan rings is 1. The summed E-state index contributed by atoms with van der Waals surface area (Å²) in [6.45, 7) is 1.73. The first-order chi connectivity index (χ1) is 7.61. The van der Waals surface area contributed by atoms with Gasteiger partial charge in [0, 0.05) is 10.6 Å². The van der Waals surface area contributed by atoms with E-state index in [1.807, 2.05) is 0 Å². The van der Waals surface area contributed by atoms with Crippen LogP contribution in [0.25, 0.3) is 11.3 Å². The third-order valence-corrected chi connectivity index (χ3v) is 2.83. The zero-order chi connectivity index (χ0) is 11.7. The lowest BCUT2D eigenvalue weighted by Crippen LogP contribution is -1.76. The van der Waals surface area contributed by atoms with Gasteiger partial charge >= 0.3 is 0 Å². The molecule has 0 unspecified atom stereocenters. The summed E-state index contributed by atoms with van der Waals surface area (Å²) in [5.74, 6) is 1.15. The fraction of sp³-hybridized carbons (Fsp3) is 0.0833. The maximum absolute atomic E-state index is 10.7. The Kier molecular flexibility index (Phi) is 3.03. The van der Waals surface area contributed by atoms with Crippen molar-refractivity contribution in [2.75, 3.05) is 0 Å². The van der Waals surface area contributed by atoms with Crippen LogP contribution in [0.4, 0.5) is 0 Å². The van der Waals surface area contributed by atoms with E-state index in [1.165, 1.54) is 0 Å². The predicted octanol–water partition coefficient (Wildman–Crippen LogP) is 4.37. The molecule has 0 saturated heterocycles. The molecule has 0 spiro atoms. The molecule has 0 radical (unpaired) electrons. The third-order valence-electron chi connectivity index (χ3n) is 2.28. The van der Waals surface area contributed by atoms with Crippen LogP contribution >= 0.6 is 23.2 Å². The van der Waals surface area contributed by atoms with Crippen LogP contribution in [0.15, 0.2) is 28.7 Å². The third kappa shape index (κ3) is 1.99. The smallest absolute Gasteiger partial charge is 0.153 e. The molecule has 0 aliphatic heterocycles. The van der Waals surface area contributed by atoms with E-state index in [9.17, 15) is 4.79 Å². The predicted molar refractivity (Wildman–Crippen MR) is 64.3 cm³/mol. The number of aldehydes is 1. The van der Waals surface area contributed by atoms with Gasteiger partial charge in [0.15, 0.2) is 6.29 Å². The molecule has 0 N–H and O–H groups in total. The number of hydrogen-bond donors (Lipinski definition) is 0. The van der Waals surface area contributed by atoms with Gasteiger partial charge in [-0.2, -0.15) is 0 Å². The summed E-state index contributed by atoms with van der Waals surface area (Å²) in [6, 6.07) is 6.78. The van der Waals surface area contributed by atoms with E-state index < -0.39 is 0 Å². The molecule has 0 atom stereocenters. The Morgan fingerprint density at radius 1 is 1.25 bits per heavy atom. The van der Waals surface area contributed by atoms with Crippen LogP contribution in [-0.4, -0.2) is 6.29 Å². The molecule has 4 heteroatoms. The van der Waals surface area contributed by atoms with Crippen molar-refractivity contribution in [3.8, 4) is 11.3 Å². The standard InChI is InChI=1S/C12H8Cl2O2/c1-7-8(6-15)4-12(16-7)10-3-2-9(13)5-11(10)14/h2-6H,1H3. The van der Waals surface area contributed by atoms with Gasteiger partial charge in [0.25, 0.3) is 0 Å². The van der Waals surface area contributed by atoms with E-state index in [2.05, 4.69) is 0 Å². The van der Waals surface area contributed by atoms with Crippen LogP contribution in [0.3, 0.4) is 0 Å². The minimum absolute atomic E-state index is 0.499. The second kappa shape index (κ2) is 4.32. The number of aryl methyl sites for hydroxylation is 1. The van der Waals surface area contributed by atoms with E-state index in [0.717, 1.165) is 11.8 Å². The largest absolute Gasteiger partial charge is 0.461 e. The van der Waals surface area contributed by atoms with Crippen LogP contribution in [-0.2, 0) is 0 Å². The summed E-state index contributed by atoms with van der Waals surface area (Å²) < 4.78 is 5.45. The zero-order valence-corrected chi connectivity index (χ0v) is 9.97. The van der Waals surface area contributed by atoms with E-state index in [-0.39, 0.29) is 0 Å². The lowest BCUT2D eigenvalue weighted by molar-refractivity contribution is 0.112. The second-order valence-corrected chi connectivity index (χ2v) is 4.21. The first kappa shape index (κ1) is 11.2. The molecule has 82 valence electrons. The summed E-state index contributed by atoms with van der Waals surface area (Å²) >= 11 is 11.8. The van der Waals surface area contributed by atoms with Crippen LogP contribution in [0.2, 0.25) is 10.0 Å². The summed E-state index contributed by atoms with van der Waals surface area (Å²) in [5.41, 5.74) is 1.25. The molecule has 2 rings (SSSR count). The van der Waals surface area contributed by atoms with Crippen molar-refractivity contribution in [3.05, 3.63) is 45.6 Å². The molecule has 0 amide bonds. The molecule has 16 heavy (non-hydrogen) atoms. The molecular weight excluding hydrogens is 247 g/mol. The quantitative estimate of drug-likeness (QED) is 0.745. The lowest BCUT2D eigenvalue weighted by atomic mass is 10.1. The zero-order valence-electron chi connectivity index (χ0n) is 8.46. The highest BCUT2D eigenvalue weighted by atomic mass is 35.5. The van der Waals surface area contributed by atoms with Crippen molar-refractivity contribution in [3.63, 3.8) is 0 Å². The van der Waals surface area contributed by atoms with Gasteiger partial charge < -0.3 is 4.42 Å². The maximum atomic E-state index is 10.7. The monoisotopic (exact) mass is 254 g/mol. The van der Waals surface area contributed by atoms with Crippen LogP contribution in [0, 0.1) is 6.92 Å². The van der Waals surface area contributed by atoms with Crippen molar-refractivity contribution in [2.24, 2.45) is 0 Å². The maximum Gasteiger partial charge on any atom is 0.153 e. The van der Waals surface area contributed by atoms with Crippen LogP contribution in [0.5, 0.6) is 0 Å². The molecule has 0 aliphatic rings. The Morgan fingerprint density at radius 2 is 2.00 bits per heavy atom. The highest BCUT2D eigenvalue weighted by Gasteiger charge is 2.11. The molecule has 0 fully saturated rings. The first-order valence-electron chi connectivity index (χ1n) is 4.63. The Morgan fingerprint density at radius 3 is 2.56 bits per heavy atom. The van der Waals surface area contributed by atoms with Gasteiger partial charge in [-0.15, -0.1) is 0 Å². The van der Waals surface area contributed by atoms with E-state index in [0.29, 0.717) is 27.1 Å². The number of hydrogen-bond acceptors (Lipinski definition) is 2. The SMILES string of the molecule is Cc1oc(-c2ccc(Cl)cc2Cl)cc1C=O. The second-order valence-electron chi connectivity index (χ2n) is 3.36. The summed E-state index contributed by atoms with van der Waals surface area (Å²) in [5, 5.41) is 1.06. The highest BCUT2D eigenvalue weighted by molar-refractivity contribution is 6.36. The average Bonchev–Trinajstić information content (AvgIpc) is 2.59. The molecule has 1 heterocycles. The molecular formula is C12H8Cl2O2. The van der Waals surface area contributed by atoms with Gasteiger partial charge in [0.2, 0.25) is 0 Å². The number of halogens is 2. The highest BCUT2D eigenvalue weighted by Crippen LogP contribution is 2.32. The van der Waals surface area contributed by atoms with Gasteiger partial charge in [0.05, 0.1) is 10.6 Å². The van der Waals surface area contributed by atoms with Crippen molar-refractivity contribution < 1.29 is 9.21 Å². The van der Waals surface area contributed by atoms with Gasteiger partial charge in [0.1, 0.15) is 11.5 Å². The van der Waals surface area contributed by atoms with Crippen molar-refractivity contribution in [1.29, 1.82) is 0 Å². The summed E-state index contributed by atoms with van der Waals surface area (Å²) in [7, 11) is 0. The molecule has 0 saturated carbocycles. The topological polar surface area (TPSA) is 30.2 Å². The minimum Gasteiger partial charge on any atom is -0.461 e. The molecule has 1 aromatic heterocycles. The summed E-state index contributed by atoms with van der Waals surface area (Å²) in [6.07, 6.45) is 0.756. The first-order valence-corrected chi connectivity index (χ1v) is 5.38. The van der Waals surface area contributed by atoms with Gasteiger partial charge in [-0.3, -0.25) is 4.79 Å². The van der Waals surface area contributed by atoms with E-state index in [1.54, 1.807) is 31.2 Å². The molecule has 2 nitrogen and oxygen atoms in total. The van der Waals surface area contributed by atoms with E-state index in [4.69, 9.17) is 27.6 Å².